The van der Waals surface area contributed by atoms with E-state index in [9.17, 15) is 4.79 Å². The fourth-order valence-corrected chi connectivity index (χ4v) is 4.89. The van der Waals surface area contributed by atoms with Crippen molar-refractivity contribution in [3.63, 3.8) is 0 Å². The maximum absolute atomic E-state index is 13.5. The normalized spacial score (nSPS) is 18.5. The Bertz CT molecular complexity index is 1160. The molecule has 1 atom stereocenters. The molecule has 2 aliphatic rings. The van der Waals surface area contributed by atoms with Crippen LogP contribution in [0.2, 0.25) is 0 Å². The average Bonchev–Trinajstić information content (AvgIpc) is 3.37. The van der Waals surface area contributed by atoms with Gasteiger partial charge in [-0.15, -0.1) is 0 Å². The van der Waals surface area contributed by atoms with Crippen LogP contribution < -0.4 is 14.4 Å². The lowest BCUT2D eigenvalue weighted by Crippen LogP contribution is -2.40. The molecule has 2 fully saturated rings. The number of morpholine rings is 1. The van der Waals surface area contributed by atoms with E-state index in [0.29, 0.717) is 31.9 Å². The van der Waals surface area contributed by atoms with Crippen molar-refractivity contribution in [3.8, 4) is 11.5 Å². The monoisotopic (exact) mass is 447 g/mol. The molecule has 0 unspecified atom stereocenters. The molecule has 1 amide bonds. The van der Waals surface area contributed by atoms with Gasteiger partial charge in [-0.25, -0.2) is 4.98 Å². The first kappa shape index (κ1) is 21.5. The largest absolute Gasteiger partial charge is 0.497 e. The van der Waals surface area contributed by atoms with Gasteiger partial charge in [-0.2, -0.15) is 0 Å². The summed E-state index contributed by atoms with van der Waals surface area (Å²) >= 11 is 0. The van der Waals surface area contributed by atoms with E-state index in [2.05, 4.69) is 4.90 Å². The van der Waals surface area contributed by atoms with E-state index in [-0.39, 0.29) is 11.9 Å². The molecule has 0 spiro atoms. The van der Waals surface area contributed by atoms with Gasteiger partial charge in [0.25, 0.3) is 5.91 Å². The number of para-hydroxylation sites is 1. The van der Waals surface area contributed by atoms with Crippen LogP contribution in [-0.4, -0.2) is 62.9 Å². The van der Waals surface area contributed by atoms with Gasteiger partial charge in [-0.3, -0.25) is 4.79 Å². The van der Waals surface area contributed by atoms with Crippen LogP contribution in [0.4, 0.5) is 5.82 Å². The molecule has 7 heteroatoms. The lowest BCUT2D eigenvalue weighted by Gasteiger charge is -2.30. The molecule has 2 aromatic carbocycles. The Labute approximate surface area is 193 Å². The maximum atomic E-state index is 13.5. The number of rotatable bonds is 5. The highest BCUT2D eigenvalue weighted by Crippen LogP contribution is 2.41. The van der Waals surface area contributed by atoms with E-state index in [0.717, 1.165) is 53.2 Å². The highest BCUT2D eigenvalue weighted by Gasteiger charge is 2.31. The van der Waals surface area contributed by atoms with Crippen molar-refractivity contribution in [1.29, 1.82) is 0 Å². The smallest absolute Gasteiger partial charge is 0.254 e. The number of hydrogen-bond acceptors (Lipinski definition) is 6. The van der Waals surface area contributed by atoms with Gasteiger partial charge in [0, 0.05) is 30.6 Å². The average molecular weight is 448 g/mol. The van der Waals surface area contributed by atoms with Crippen LogP contribution in [-0.2, 0) is 4.74 Å². The topological polar surface area (TPSA) is 64.1 Å². The third kappa shape index (κ3) is 4.09. The van der Waals surface area contributed by atoms with Gasteiger partial charge in [0.2, 0.25) is 0 Å². The third-order valence-corrected chi connectivity index (χ3v) is 6.57. The number of aromatic nitrogens is 1. The summed E-state index contributed by atoms with van der Waals surface area (Å²) in [6, 6.07) is 15.8. The van der Waals surface area contributed by atoms with Crippen LogP contribution in [0.25, 0.3) is 10.9 Å². The number of carbonyl (C=O) groups is 1. The summed E-state index contributed by atoms with van der Waals surface area (Å²) < 4.78 is 16.6. The first-order chi connectivity index (χ1) is 16.2. The number of hydrogen-bond donors (Lipinski definition) is 0. The van der Waals surface area contributed by atoms with Crippen molar-refractivity contribution in [2.75, 3.05) is 52.0 Å². The van der Waals surface area contributed by atoms with E-state index in [1.807, 2.05) is 53.4 Å². The predicted octanol–water partition coefficient (Wildman–Crippen LogP) is 4.07. The summed E-state index contributed by atoms with van der Waals surface area (Å²) in [5.74, 6) is 2.48. The molecule has 1 aromatic heterocycles. The number of carbonyl (C=O) groups excluding carboxylic acids is 1. The van der Waals surface area contributed by atoms with E-state index >= 15 is 0 Å². The fourth-order valence-electron chi connectivity index (χ4n) is 4.89. The number of ether oxygens (including phenoxy) is 3. The zero-order valence-corrected chi connectivity index (χ0v) is 19.1. The van der Waals surface area contributed by atoms with Crippen LogP contribution >= 0.6 is 0 Å². The predicted molar refractivity (Wildman–Crippen MR) is 127 cm³/mol. The van der Waals surface area contributed by atoms with Crippen LogP contribution in [0.1, 0.15) is 34.8 Å². The summed E-state index contributed by atoms with van der Waals surface area (Å²) in [4.78, 5) is 22.6. The summed E-state index contributed by atoms with van der Waals surface area (Å²) in [7, 11) is 3.37. The zero-order chi connectivity index (χ0) is 22.8. The summed E-state index contributed by atoms with van der Waals surface area (Å²) in [6.07, 6.45) is 2.01. The highest BCUT2D eigenvalue weighted by molar-refractivity contribution is 6.07. The Morgan fingerprint density at radius 1 is 1.03 bits per heavy atom. The SMILES string of the molecule is COc1ccc(OC)c([C@H]2CCCN2c2cc(C(=O)N3CCOCC3)c3ccccc3n2)c1. The molecule has 3 aromatic rings. The molecule has 2 aliphatic heterocycles. The molecule has 5 rings (SSSR count). The minimum Gasteiger partial charge on any atom is -0.497 e. The number of anilines is 1. The fraction of sp³-hybridized carbons (Fsp3) is 0.385. The minimum absolute atomic E-state index is 0.0351. The molecule has 0 N–H and O–H groups in total. The van der Waals surface area contributed by atoms with Crippen molar-refractivity contribution < 1.29 is 19.0 Å². The standard InChI is InChI=1S/C26H29N3O4/c1-31-18-9-10-24(32-2)21(16-18)23-8-5-11-29(23)25-17-20(19-6-3-4-7-22(19)27-25)26(30)28-12-14-33-15-13-28/h3-4,6-7,9-10,16-17,23H,5,8,11-15H2,1-2H3/t23-/m1/s1. The van der Waals surface area contributed by atoms with Crippen molar-refractivity contribution in [1.82, 2.24) is 9.88 Å². The Morgan fingerprint density at radius 3 is 2.64 bits per heavy atom. The van der Waals surface area contributed by atoms with E-state index in [1.54, 1.807) is 14.2 Å². The second-order valence-corrected chi connectivity index (χ2v) is 8.41. The van der Waals surface area contributed by atoms with Gasteiger partial charge in [0.1, 0.15) is 17.3 Å². The Kier molecular flexibility index (Phi) is 6.05. The molecule has 0 bridgehead atoms. The number of pyridine rings is 1. The maximum Gasteiger partial charge on any atom is 0.254 e. The highest BCUT2D eigenvalue weighted by atomic mass is 16.5. The minimum atomic E-state index is 0.0351. The summed E-state index contributed by atoms with van der Waals surface area (Å²) in [6.45, 7) is 3.23. The molecule has 3 heterocycles. The van der Waals surface area contributed by atoms with Crippen molar-refractivity contribution in [2.45, 2.75) is 18.9 Å². The van der Waals surface area contributed by atoms with Gasteiger partial charge in [0.05, 0.1) is 44.6 Å². The molecular weight excluding hydrogens is 418 g/mol. The van der Waals surface area contributed by atoms with Crippen LogP contribution in [0.3, 0.4) is 0 Å². The van der Waals surface area contributed by atoms with Gasteiger partial charge in [-0.05, 0) is 43.2 Å². The van der Waals surface area contributed by atoms with Gasteiger partial charge < -0.3 is 24.0 Å². The molecule has 0 radical (unpaired) electrons. The number of fused-ring (bicyclic) bond motifs is 1. The van der Waals surface area contributed by atoms with Gasteiger partial charge >= 0.3 is 0 Å². The second kappa shape index (κ2) is 9.27. The number of nitrogens with zero attached hydrogens (tertiary/aromatic N) is 3. The molecule has 7 nitrogen and oxygen atoms in total. The molecular formula is C26H29N3O4. The lowest BCUT2D eigenvalue weighted by atomic mass is 10.0. The lowest BCUT2D eigenvalue weighted by molar-refractivity contribution is 0.0304. The zero-order valence-electron chi connectivity index (χ0n) is 19.1. The number of benzene rings is 2. The van der Waals surface area contributed by atoms with E-state index in [4.69, 9.17) is 19.2 Å². The van der Waals surface area contributed by atoms with Crippen molar-refractivity contribution in [3.05, 3.63) is 59.7 Å². The van der Waals surface area contributed by atoms with E-state index < -0.39 is 0 Å². The van der Waals surface area contributed by atoms with Gasteiger partial charge in [-0.1, -0.05) is 18.2 Å². The summed E-state index contributed by atoms with van der Waals surface area (Å²) in [5, 5.41) is 0.882. The van der Waals surface area contributed by atoms with Crippen molar-refractivity contribution in [2.24, 2.45) is 0 Å². The Hall–Kier alpha value is -3.32. The second-order valence-electron chi connectivity index (χ2n) is 8.41. The van der Waals surface area contributed by atoms with Crippen LogP contribution in [0.5, 0.6) is 11.5 Å². The molecule has 33 heavy (non-hydrogen) atoms. The van der Waals surface area contributed by atoms with Crippen LogP contribution in [0.15, 0.2) is 48.5 Å². The molecule has 2 saturated heterocycles. The van der Waals surface area contributed by atoms with Crippen molar-refractivity contribution >= 4 is 22.6 Å². The Morgan fingerprint density at radius 2 is 1.85 bits per heavy atom. The first-order valence-corrected chi connectivity index (χ1v) is 11.4. The summed E-state index contributed by atoms with van der Waals surface area (Å²) in [5.41, 5.74) is 2.60. The quantitative estimate of drug-likeness (QED) is 0.588. The Balaban J connectivity index is 1.58. The van der Waals surface area contributed by atoms with Crippen LogP contribution in [0, 0.1) is 0 Å². The number of amides is 1. The first-order valence-electron chi connectivity index (χ1n) is 11.4. The van der Waals surface area contributed by atoms with Gasteiger partial charge in [0.15, 0.2) is 0 Å². The number of methoxy groups -OCH3 is 2. The third-order valence-electron chi connectivity index (χ3n) is 6.57. The van der Waals surface area contributed by atoms with E-state index in [1.165, 1.54) is 0 Å². The molecule has 0 aliphatic carbocycles. The molecule has 0 saturated carbocycles. The molecule has 172 valence electrons.